The molecule has 1 aromatic rings. The normalized spacial score (nSPS) is 20.4. The number of nitrogens with two attached hydrogens (primary N) is 1. The molecule has 2 rings (SSSR count). The van der Waals surface area contributed by atoms with Crippen LogP contribution in [0.25, 0.3) is 0 Å². The molecule has 0 aliphatic carbocycles. The summed E-state index contributed by atoms with van der Waals surface area (Å²) in [6.07, 6.45) is 1.68. The first-order chi connectivity index (χ1) is 6.46. The van der Waals surface area contributed by atoms with E-state index in [1.54, 1.807) is 17.9 Å². The van der Waals surface area contributed by atoms with Crippen LogP contribution in [0.2, 0.25) is 0 Å². The van der Waals surface area contributed by atoms with E-state index in [9.17, 15) is 8.42 Å². The van der Waals surface area contributed by atoms with Crippen molar-refractivity contribution in [2.45, 2.75) is 6.04 Å². The molecule has 1 fully saturated rings. The molecular weight excluding hydrogens is 204 g/mol. The van der Waals surface area contributed by atoms with E-state index in [2.05, 4.69) is 10.4 Å². The van der Waals surface area contributed by atoms with Crippen molar-refractivity contribution in [1.82, 2.24) is 9.78 Å². The zero-order valence-corrected chi connectivity index (χ0v) is 8.58. The molecule has 0 saturated carbocycles. The zero-order chi connectivity index (χ0) is 10.3. The van der Waals surface area contributed by atoms with Crippen LogP contribution < -0.4 is 11.1 Å². The molecule has 78 valence electrons. The van der Waals surface area contributed by atoms with Crippen molar-refractivity contribution in [3.05, 3.63) is 6.20 Å². The molecule has 0 unspecified atom stereocenters. The van der Waals surface area contributed by atoms with Crippen molar-refractivity contribution in [2.24, 2.45) is 7.05 Å². The van der Waals surface area contributed by atoms with Crippen LogP contribution in [0.3, 0.4) is 0 Å². The van der Waals surface area contributed by atoms with Crippen LogP contribution in [-0.2, 0) is 16.9 Å². The Morgan fingerprint density at radius 3 is 2.71 bits per heavy atom. The summed E-state index contributed by atoms with van der Waals surface area (Å²) in [6, 6.07) is -0.0443. The highest BCUT2D eigenvalue weighted by atomic mass is 32.2. The Morgan fingerprint density at radius 1 is 1.64 bits per heavy atom. The quantitative estimate of drug-likeness (QED) is 0.676. The topological polar surface area (TPSA) is 90.0 Å². The first kappa shape index (κ1) is 9.32. The number of aryl methyl sites for hydroxylation is 1. The van der Waals surface area contributed by atoms with Gasteiger partial charge in [0.05, 0.1) is 23.2 Å². The molecule has 0 atom stereocenters. The SMILES string of the molecule is Cn1cc(N)c(NC2CS(=O)(=O)C2)n1. The third kappa shape index (κ3) is 1.67. The minimum absolute atomic E-state index is 0.0443. The summed E-state index contributed by atoms with van der Waals surface area (Å²) in [5.74, 6) is 0.902. The first-order valence-electron chi connectivity index (χ1n) is 4.22. The maximum Gasteiger partial charge on any atom is 0.171 e. The van der Waals surface area contributed by atoms with Gasteiger partial charge in [0.2, 0.25) is 0 Å². The van der Waals surface area contributed by atoms with Gasteiger partial charge in [-0.3, -0.25) is 4.68 Å². The molecule has 3 N–H and O–H groups in total. The molecule has 1 aromatic heterocycles. The number of nitrogen functional groups attached to an aromatic ring is 1. The number of hydrogen-bond acceptors (Lipinski definition) is 5. The number of hydrogen-bond donors (Lipinski definition) is 2. The largest absolute Gasteiger partial charge is 0.394 e. The van der Waals surface area contributed by atoms with Gasteiger partial charge in [0.25, 0.3) is 0 Å². The average Bonchev–Trinajstić information content (AvgIpc) is 2.26. The van der Waals surface area contributed by atoms with Crippen LogP contribution in [0, 0.1) is 0 Å². The summed E-state index contributed by atoms with van der Waals surface area (Å²) in [4.78, 5) is 0. The van der Waals surface area contributed by atoms with E-state index in [1.165, 1.54) is 0 Å². The van der Waals surface area contributed by atoms with E-state index < -0.39 is 9.84 Å². The fraction of sp³-hybridized carbons (Fsp3) is 0.571. The van der Waals surface area contributed by atoms with E-state index in [-0.39, 0.29) is 17.5 Å². The summed E-state index contributed by atoms with van der Waals surface area (Å²) in [5, 5.41) is 7.05. The van der Waals surface area contributed by atoms with Crippen LogP contribution in [0.4, 0.5) is 11.5 Å². The van der Waals surface area contributed by atoms with E-state index in [0.29, 0.717) is 11.5 Å². The Balaban J connectivity index is 2.03. The van der Waals surface area contributed by atoms with Crippen molar-refractivity contribution >= 4 is 21.3 Å². The average molecular weight is 216 g/mol. The second-order valence-corrected chi connectivity index (χ2v) is 5.68. The lowest BCUT2D eigenvalue weighted by atomic mass is 10.3. The second kappa shape index (κ2) is 2.88. The Hall–Kier alpha value is -1.24. The van der Waals surface area contributed by atoms with E-state index >= 15 is 0 Å². The lowest BCUT2D eigenvalue weighted by Gasteiger charge is -2.26. The van der Waals surface area contributed by atoms with Gasteiger partial charge in [-0.25, -0.2) is 8.42 Å². The molecule has 0 aromatic carbocycles. The van der Waals surface area contributed by atoms with Gasteiger partial charge in [0.15, 0.2) is 15.7 Å². The Labute approximate surface area is 82.0 Å². The van der Waals surface area contributed by atoms with Crippen LogP contribution >= 0.6 is 0 Å². The highest BCUT2D eigenvalue weighted by Crippen LogP contribution is 2.20. The number of nitrogens with one attached hydrogen (secondary N) is 1. The summed E-state index contributed by atoms with van der Waals surface area (Å²) in [6.45, 7) is 0. The number of anilines is 2. The van der Waals surface area contributed by atoms with Crippen molar-refractivity contribution in [1.29, 1.82) is 0 Å². The molecule has 6 nitrogen and oxygen atoms in total. The second-order valence-electron chi connectivity index (χ2n) is 3.52. The van der Waals surface area contributed by atoms with Crippen molar-refractivity contribution in [2.75, 3.05) is 22.6 Å². The Kier molecular flexibility index (Phi) is 1.91. The minimum atomic E-state index is -2.79. The van der Waals surface area contributed by atoms with E-state index in [0.717, 1.165) is 0 Å². The van der Waals surface area contributed by atoms with Crippen LogP contribution in [0.15, 0.2) is 6.20 Å². The standard InChI is InChI=1S/C7H12N4O2S/c1-11-2-6(8)7(10-11)9-5-3-14(12,13)4-5/h2,5H,3-4,8H2,1H3,(H,9,10). The third-order valence-corrected chi connectivity index (χ3v) is 3.93. The lowest BCUT2D eigenvalue weighted by molar-refractivity contribution is 0.570. The van der Waals surface area contributed by atoms with Gasteiger partial charge < -0.3 is 11.1 Å². The Bertz CT molecular complexity index is 438. The number of nitrogens with zero attached hydrogens (tertiary/aromatic N) is 2. The maximum absolute atomic E-state index is 10.9. The summed E-state index contributed by atoms with van der Waals surface area (Å²) in [7, 11) is -1.03. The smallest absolute Gasteiger partial charge is 0.171 e. The molecule has 1 saturated heterocycles. The van der Waals surface area contributed by atoms with Gasteiger partial charge in [-0.15, -0.1) is 0 Å². The predicted molar refractivity (Wildman–Crippen MR) is 53.7 cm³/mol. The number of rotatable bonds is 2. The molecular formula is C7H12N4O2S. The highest BCUT2D eigenvalue weighted by Gasteiger charge is 2.33. The Morgan fingerprint density at radius 2 is 2.29 bits per heavy atom. The number of sulfone groups is 1. The molecule has 0 bridgehead atoms. The predicted octanol–water partition coefficient (Wildman–Crippen LogP) is -0.789. The molecule has 0 amide bonds. The molecule has 7 heteroatoms. The van der Waals surface area contributed by atoms with Crippen molar-refractivity contribution in [3.8, 4) is 0 Å². The molecule has 0 spiro atoms. The van der Waals surface area contributed by atoms with Gasteiger partial charge in [0.1, 0.15) is 0 Å². The van der Waals surface area contributed by atoms with E-state index in [1.807, 2.05) is 0 Å². The van der Waals surface area contributed by atoms with Gasteiger partial charge in [-0.2, -0.15) is 5.10 Å². The molecule has 1 aliphatic rings. The van der Waals surface area contributed by atoms with Gasteiger partial charge in [-0.1, -0.05) is 0 Å². The van der Waals surface area contributed by atoms with E-state index in [4.69, 9.17) is 5.73 Å². The lowest BCUT2D eigenvalue weighted by Crippen LogP contribution is -2.46. The van der Waals surface area contributed by atoms with Crippen LogP contribution in [-0.4, -0.2) is 35.7 Å². The van der Waals surface area contributed by atoms with Crippen molar-refractivity contribution in [3.63, 3.8) is 0 Å². The molecule has 0 radical (unpaired) electrons. The van der Waals surface area contributed by atoms with Gasteiger partial charge in [0, 0.05) is 13.2 Å². The van der Waals surface area contributed by atoms with Crippen LogP contribution in [0.1, 0.15) is 0 Å². The highest BCUT2D eigenvalue weighted by molar-refractivity contribution is 7.92. The number of aromatic nitrogens is 2. The molecule has 2 heterocycles. The first-order valence-corrected chi connectivity index (χ1v) is 6.04. The summed E-state index contributed by atoms with van der Waals surface area (Å²) >= 11 is 0. The summed E-state index contributed by atoms with van der Waals surface area (Å²) < 4.78 is 23.3. The minimum Gasteiger partial charge on any atom is -0.394 e. The maximum atomic E-state index is 10.9. The van der Waals surface area contributed by atoms with Gasteiger partial charge >= 0.3 is 0 Å². The zero-order valence-electron chi connectivity index (χ0n) is 7.77. The summed E-state index contributed by atoms with van der Waals surface area (Å²) in [5.41, 5.74) is 6.18. The molecule has 14 heavy (non-hydrogen) atoms. The fourth-order valence-electron chi connectivity index (χ4n) is 1.46. The molecule has 1 aliphatic heterocycles. The fourth-order valence-corrected chi connectivity index (χ4v) is 2.76. The van der Waals surface area contributed by atoms with Crippen LogP contribution in [0.5, 0.6) is 0 Å². The monoisotopic (exact) mass is 216 g/mol. The van der Waals surface area contributed by atoms with Gasteiger partial charge in [-0.05, 0) is 0 Å². The van der Waals surface area contributed by atoms with Crippen molar-refractivity contribution < 1.29 is 8.42 Å². The third-order valence-electron chi connectivity index (χ3n) is 2.11.